The van der Waals surface area contributed by atoms with E-state index in [1.807, 2.05) is 31.3 Å². The van der Waals surface area contributed by atoms with Gasteiger partial charge in [-0.2, -0.15) is 0 Å². The predicted octanol–water partition coefficient (Wildman–Crippen LogP) is 0.0689. The molecule has 8 heteroatoms. The van der Waals surface area contributed by atoms with Crippen molar-refractivity contribution in [1.29, 1.82) is 0 Å². The summed E-state index contributed by atoms with van der Waals surface area (Å²) in [4.78, 5) is 3.18. The number of aromatic amines is 1. The van der Waals surface area contributed by atoms with E-state index >= 15 is 0 Å². The third-order valence-corrected chi connectivity index (χ3v) is 4.81. The Balaban J connectivity index is 0.000000450. The first-order chi connectivity index (χ1) is 13.7. The van der Waals surface area contributed by atoms with Gasteiger partial charge in [0.15, 0.2) is 0 Å². The van der Waals surface area contributed by atoms with Crippen LogP contribution in [0.15, 0.2) is 30.5 Å². The Kier molecular flexibility index (Phi) is 14.5. The van der Waals surface area contributed by atoms with Crippen molar-refractivity contribution < 1.29 is 20.4 Å². The van der Waals surface area contributed by atoms with Gasteiger partial charge in [-0.25, -0.2) is 0 Å². The molecule has 11 N–H and O–H groups in total. The van der Waals surface area contributed by atoms with E-state index in [0.29, 0.717) is 12.3 Å². The summed E-state index contributed by atoms with van der Waals surface area (Å²) in [6.45, 7) is 5.63. The SMILES string of the molecule is CC[C@H](C)[C@H](N)CO.C[C@@H](O)[C@H](N)CO.N[C@H](CO)Cc1c[nH]c2ccccc12. The van der Waals surface area contributed by atoms with Crippen LogP contribution in [0.3, 0.4) is 0 Å². The van der Waals surface area contributed by atoms with Gasteiger partial charge in [-0.1, -0.05) is 38.5 Å². The highest BCUT2D eigenvalue weighted by Crippen LogP contribution is 2.18. The quantitative estimate of drug-likeness (QED) is 0.302. The number of aliphatic hydroxyl groups excluding tert-OH is 4. The number of para-hydroxylation sites is 1. The molecule has 0 amide bonds. The number of rotatable bonds is 8. The minimum absolute atomic E-state index is 0.0273. The van der Waals surface area contributed by atoms with E-state index in [4.69, 9.17) is 37.6 Å². The first-order valence-electron chi connectivity index (χ1n) is 10.0. The summed E-state index contributed by atoms with van der Waals surface area (Å²) in [6, 6.07) is 7.40. The van der Waals surface area contributed by atoms with Crippen molar-refractivity contribution in [2.24, 2.45) is 23.1 Å². The van der Waals surface area contributed by atoms with Crippen molar-refractivity contribution in [3.8, 4) is 0 Å². The highest BCUT2D eigenvalue weighted by Gasteiger charge is 2.08. The van der Waals surface area contributed by atoms with Crippen LogP contribution >= 0.6 is 0 Å². The highest BCUT2D eigenvalue weighted by atomic mass is 16.3. The molecular weight excluding hydrogens is 372 g/mol. The summed E-state index contributed by atoms with van der Waals surface area (Å²) in [5.41, 5.74) is 18.6. The molecular formula is C21H40N4O4. The largest absolute Gasteiger partial charge is 0.395 e. The first kappa shape index (κ1) is 27.5. The Bertz CT molecular complexity index is 642. The lowest BCUT2D eigenvalue weighted by Gasteiger charge is -2.14. The number of H-pyrrole nitrogens is 1. The van der Waals surface area contributed by atoms with Crippen LogP contribution in [-0.2, 0) is 6.42 Å². The molecule has 29 heavy (non-hydrogen) atoms. The number of nitrogens with one attached hydrogen (secondary N) is 1. The van der Waals surface area contributed by atoms with Crippen molar-refractivity contribution in [3.63, 3.8) is 0 Å². The predicted molar refractivity (Wildman–Crippen MR) is 118 cm³/mol. The number of benzene rings is 1. The fourth-order valence-corrected chi connectivity index (χ4v) is 2.28. The first-order valence-corrected chi connectivity index (χ1v) is 10.0. The zero-order valence-electron chi connectivity index (χ0n) is 17.8. The molecule has 2 aromatic rings. The molecule has 0 unspecified atom stereocenters. The number of aliphatic hydroxyl groups is 4. The molecule has 1 aromatic heterocycles. The van der Waals surface area contributed by atoms with Crippen molar-refractivity contribution >= 4 is 10.9 Å². The van der Waals surface area contributed by atoms with Gasteiger partial charge in [0.2, 0.25) is 0 Å². The van der Waals surface area contributed by atoms with E-state index in [0.717, 1.165) is 11.9 Å². The molecule has 0 aliphatic rings. The number of nitrogens with two attached hydrogens (primary N) is 3. The van der Waals surface area contributed by atoms with Crippen LogP contribution in [0.1, 0.15) is 32.8 Å². The Morgan fingerprint density at radius 1 is 0.931 bits per heavy atom. The van der Waals surface area contributed by atoms with Gasteiger partial charge in [-0.15, -0.1) is 0 Å². The molecule has 0 spiro atoms. The summed E-state index contributed by atoms with van der Waals surface area (Å²) in [6.07, 6.45) is 3.10. The summed E-state index contributed by atoms with van der Waals surface area (Å²) in [7, 11) is 0. The zero-order valence-corrected chi connectivity index (χ0v) is 17.8. The number of fused-ring (bicyclic) bond motifs is 1. The van der Waals surface area contributed by atoms with E-state index in [1.165, 1.54) is 10.9 Å². The van der Waals surface area contributed by atoms with E-state index in [9.17, 15) is 0 Å². The van der Waals surface area contributed by atoms with E-state index in [1.54, 1.807) is 6.92 Å². The zero-order chi connectivity index (χ0) is 22.4. The molecule has 1 heterocycles. The molecule has 0 aliphatic heterocycles. The molecule has 2 rings (SSSR count). The molecule has 0 fully saturated rings. The lowest BCUT2D eigenvalue weighted by atomic mass is 10.0. The fraction of sp³-hybridized carbons (Fsp3) is 0.619. The van der Waals surface area contributed by atoms with Gasteiger partial charge in [0.25, 0.3) is 0 Å². The second-order valence-electron chi connectivity index (χ2n) is 7.33. The molecule has 168 valence electrons. The molecule has 8 nitrogen and oxygen atoms in total. The van der Waals surface area contributed by atoms with E-state index < -0.39 is 12.1 Å². The molecule has 1 aromatic carbocycles. The van der Waals surface area contributed by atoms with Gasteiger partial charge in [-0.3, -0.25) is 0 Å². The normalized spacial score (nSPS) is 15.9. The third kappa shape index (κ3) is 10.7. The highest BCUT2D eigenvalue weighted by molar-refractivity contribution is 5.83. The maximum atomic E-state index is 8.87. The maximum absolute atomic E-state index is 8.87. The van der Waals surface area contributed by atoms with Crippen molar-refractivity contribution in [1.82, 2.24) is 4.98 Å². The number of hydrogen-bond acceptors (Lipinski definition) is 7. The van der Waals surface area contributed by atoms with Crippen LogP contribution in [0.2, 0.25) is 0 Å². The van der Waals surface area contributed by atoms with Gasteiger partial charge >= 0.3 is 0 Å². The standard InChI is InChI=1S/C11H14N2O.C6H15NO.C4H11NO2/c12-9(7-14)5-8-6-13-11-4-2-1-3-10(8)11;1-3-5(2)6(7)4-8;1-3(7)4(5)2-6/h1-4,6,9,13-14H,5,7,12H2;5-6,8H,3-4,7H2,1-2H3;3-4,6-7H,2,5H2,1H3/t9-;5-,6+;3-,4-/m001/s1. The van der Waals surface area contributed by atoms with E-state index in [2.05, 4.69) is 18.0 Å². The topological polar surface area (TPSA) is 175 Å². The van der Waals surface area contributed by atoms with Crippen molar-refractivity contribution in [2.45, 2.75) is 57.8 Å². The van der Waals surface area contributed by atoms with Crippen LogP contribution in [-0.4, -0.2) is 69.5 Å². The molecule has 0 saturated heterocycles. The summed E-state index contributed by atoms with van der Waals surface area (Å²) >= 11 is 0. The minimum Gasteiger partial charge on any atom is -0.395 e. The average Bonchev–Trinajstić information content (AvgIpc) is 3.15. The van der Waals surface area contributed by atoms with Crippen LogP contribution in [0.4, 0.5) is 0 Å². The Morgan fingerprint density at radius 3 is 1.93 bits per heavy atom. The number of aromatic nitrogens is 1. The van der Waals surface area contributed by atoms with Crippen LogP contribution < -0.4 is 17.2 Å². The van der Waals surface area contributed by atoms with Crippen LogP contribution in [0.25, 0.3) is 10.9 Å². The third-order valence-electron chi connectivity index (χ3n) is 4.81. The van der Waals surface area contributed by atoms with Gasteiger partial charge in [0.1, 0.15) is 0 Å². The molecule has 0 radical (unpaired) electrons. The second-order valence-corrected chi connectivity index (χ2v) is 7.33. The Morgan fingerprint density at radius 2 is 1.52 bits per heavy atom. The average molecular weight is 413 g/mol. The van der Waals surface area contributed by atoms with Gasteiger partial charge < -0.3 is 42.6 Å². The minimum atomic E-state index is -0.606. The summed E-state index contributed by atoms with van der Waals surface area (Å²) in [5.74, 6) is 0.444. The lowest BCUT2D eigenvalue weighted by molar-refractivity contribution is 0.123. The van der Waals surface area contributed by atoms with E-state index in [-0.39, 0.29) is 31.9 Å². The molecule has 0 bridgehead atoms. The van der Waals surface area contributed by atoms with Crippen molar-refractivity contribution in [2.75, 3.05) is 19.8 Å². The molecule has 0 saturated carbocycles. The second kappa shape index (κ2) is 15.3. The van der Waals surface area contributed by atoms with Crippen LogP contribution in [0.5, 0.6) is 0 Å². The summed E-state index contributed by atoms with van der Waals surface area (Å²) < 4.78 is 0. The lowest BCUT2D eigenvalue weighted by Crippen LogP contribution is -2.35. The fourth-order valence-electron chi connectivity index (χ4n) is 2.28. The molecule has 0 aliphatic carbocycles. The number of hydrogen-bond donors (Lipinski definition) is 8. The Hall–Kier alpha value is -1.52. The molecule has 5 atom stereocenters. The Labute approximate surface area is 173 Å². The summed E-state index contributed by atoms with van der Waals surface area (Å²) in [5, 5.41) is 35.3. The maximum Gasteiger partial charge on any atom is 0.0685 e. The smallest absolute Gasteiger partial charge is 0.0685 e. The van der Waals surface area contributed by atoms with Crippen LogP contribution in [0, 0.1) is 5.92 Å². The van der Waals surface area contributed by atoms with Gasteiger partial charge in [0.05, 0.1) is 32.0 Å². The van der Waals surface area contributed by atoms with Crippen molar-refractivity contribution in [3.05, 3.63) is 36.0 Å². The van der Waals surface area contributed by atoms with Gasteiger partial charge in [-0.05, 0) is 30.9 Å². The van der Waals surface area contributed by atoms with Gasteiger partial charge in [0, 0.05) is 29.2 Å². The monoisotopic (exact) mass is 412 g/mol.